The predicted molar refractivity (Wildman–Crippen MR) is 108 cm³/mol. The summed E-state index contributed by atoms with van der Waals surface area (Å²) < 4.78 is 6.93. The number of nitrogens with zero attached hydrogens (tertiary/aromatic N) is 6. The quantitative estimate of drug-likeness (QED) is 0.467. The Balaban J connectivity index is 1.98. The number of anilines is 3. The van der Waals surface area contributed by atoms with Gasteiger partial charge >= 0.3 is 5.97 Å². The fourth-order valence-electron chi connectivity index (χ4n) is 2.90. The van der Waals surface area contributed by atoms with Gasteiger partial charge in [-0.15, -0.1) is 0 Å². The minimum atomic E-state index is -0.477. The van der Waals surface area contributed by atoms with Gasteiger partial charge in [0, 0.05) is 18.6 Å². The van der Waals surface area contributed by atoms with Gasteiger partial charge in [0.05, 0.1) is 24.7 Å². The summed E-state index contributed by atoms with van der Waals surface area (Å²) >= 11 is 0. The summed E-state index contributed by atoms with van der Waals surface area (Å²) in [6, 6.07) is 15.0. The van der Waals surface area contributed by atoms with Gasteiger partial charge in [0.1, 0.15) is 11.4 Å². The van der Waals surface area contributed by atoms with Gasteiger partial charge in [-0.05, 0) is 31.2 Å². The van der Waals surface area contributed by atoms with Crippen LogP contribution in [0.4, 0.5) is 17.5 Å². The van der Waals surface area contributed by atoms with Gasteiger partial charge < -0.3 is 4.74 Å². The second-order valence-electron chi connectivity index (χ2n) is 5.94. The Bertz CT molecular complexity index is 1040. The normalized spacial score (nSPS) is 10.5. The van der Waals surface area contributed by atoms with E-state index < -0.39 is 5.97 Å². The van der Waals surface area contributed by atoms with Gasteiger partial charge in [0.25, 0.3) is 0 Å². The van der Waals surface area contributed by atoms with E-state index in [0.29, 0.717) is 23.0 Å². The van der Waals surface area contributed by atoms with Crippen molar-refractivity contribution in [2.75, 3.05) is 11.5 Å². The Kier molecular flexibility index (Phi) is 5.24. The summed E-state index contributed by atoms with van der Waals surface area (Å²) in [6.45, 7) is 2.02. The molecule has 0 fully saturated rings. The average Bonchev–Trinajstić information content (AvgIpc) is 3.21. The first-order chi connectivity index (χ1) is 14.3. The van der Waals surface area contributed by atoms with Crippen LogP contribution in [0.3, 0.4) is 0 Å². The van der Waals surface area contributed by atoms with Crippen LogP contribution in [0.15, 0.2) is 79.5 Å². The van der Waals surface area contributed by atoms with Gasteiger partial charge in [-0.3, -0.25) is 9.88 Å². The molecule has 0 unspecified atom stereocenters. The van der Waals surface area contributed by atoms with E-state index in [1.807, 2.05) is 48.5 Å². The van der Waals surface area contributed by atoms with Gasteiger partial charge in [-0.1, -0.05) is 24.3 Å². The number of para-hydroxylation sites is 1. The molecule has 0 saturated carbocycles. The van der Waals surface area contributed by atoms with Crippen LogP contribution in [-0.4, -0.2) is 37.3 Å². The summed E-state index contributed by atoms with van der Waals surface area (Å²) in [6.07, 6.45) is 7.93. The molecule has 144 valence electrons. The Morgan fingerprint density at radius 2 is 1.76 bits per heavy atom. The summed E-state index contributed by atoms with van der Waals surface area (Å²) in [4.78, 5) is 27.5. The van der Waals surface area contributed by atoms with E-state index in [2.05, 4.69) is 20.1 Å². The van der Waals surface area contributed by atoms with Crippen LogP contribution >= 0.6 is 0 Å². The largest absolute Gasteiger partial charge is 0.462 e. The fraction of sp³-hybridized carbons (Fsp3) is 0.0952. The Labute approximate surface area is 167 Å². The molecule has 0 atom stereocenters. The number of ether oxygens (including phenoxy) is 1. The fourth-order valence-corrected chi connectivity index (χ4v) is 2.90. The number of aromatic nitrogens is 5. The zero-order chi connectivity index (χ0) is 20.1. The lowest BCUT2D eigenvalue weighted by Crippen LogP contribution is -2.20. The first-order valence-corrected chi connectivity index (χ1v) is 9.07. The number of hydrogen-bond acceptors (Lipinski definition) is 7. The number of hydrogen-bond donors (Lipinski definition) is 0. The molecular formula is C21H18N6O2. The zero-order valence-corrected chi connectivity index (χ0v) is 15.7. The standard InChI is InChI=1S/C21H18N6O2/c1-2-29-21(28)17-14-25-27(16-8-4-3-5-9-16)20(17)26(18-10-6-7-11-23-18)19-15-22-12-13-24-19/h3-15H,2H2,1H3. The maximum absolute atomic E-state index is 12.7. The van der Waals surface area contributed by atoms with Crippen molar-refractivity contribution in [2.24, 2.45) is 0 Å². The highest BCUT2D eigenvalue weighted by molar-refractivity contribution is 5.97. The van der Waals surface area contributed by atoms with Crippen molar-refractivity contribution in [3.8, 4) is 5.69 Å². The molecule has 0 aliphatic heterocycles. The Morgan fingerprint density at radius 1 is 0.966 bits per heavy atom. The van der Waals surface area contributed by atoms with Crippen molar-refractivity contribution in [1.29, 1.82) is 0 Å². The number of rotatable bonds is 6. The van der Waals surface area contributed by atoms with E-state index in [0.717, 1.165) is 5.69 Å². The van der Waals surface area contributed by atoms with Crippen molar-refractivity contribution >= 4 is 23.4 Å². The number of pyridine rings is 1. The third-order valence-electron chi connectivity index (χ3n) is 4.11. The lowest BCUT2D eigenvalue weighted by molar-refractivity contribution is 0.0527. The lowest BCUT2D eigenvalue weighted by Gasteiger charge is -2.24. The van der Waals surface area contributed by atoms with Crippen LogP contribution in [0.5, 0.6) is 0 Å². The Hall–Kier alpha value is -4.07. The molecule has 3 aromatic heterocycles. The number of benzene rings is 1. The summed E-state index contributed by atoms with van der Waals surface area (Å²) in [7, 11) is 0. The highest BCUT2D eigenvalue weighted by Gasteiger charge is 2.28. The third kappa shape index (κ3) is 3.68. The minimum absolute atomic E-state index is 0.253. The zero-order valence-electron chi connectivity index (χ0n) is 15.7. The third-order valence-corrected chi connectivity index (χ3v) is 4.11. The van der Waals surface area contributed by atoms with Gasteiger partial charge in [-0.2, -0.15) is 5.10 Å². The maximum atomic E-state index is 12.7. The van der Waals surface area contributed by atoms with Crippen LogP contribution in [0.25, 0.3) is 5.69 Å². The molecule has 8 nitrogen and oxygen atoms in total. The number of carbonyl (C=O) groups is 1. The van der Waals surface area contributed by atoms with E-state index in [1.54, 1.807) is 41.3 Å². The van der Waals surface area contributed by atoms with Gasteiger partial charge in [0.2, 0.25) is 0 Å². The van der Waals surface area contributed by atoms with Crippen LogP contribution in [0.2, 0.25) is 0 Å². The molecule has 1 aromatic carbocycles. The molecule has 0 radical (unpaired) electrons. The first kappa shape index (κ1) is 18.3. The molecule has 0 N–H and O–H groups in total. The molecule has 8 heteroatoms. The molecular weight excluding hydrogens is 368 g/mol. The second kappa shape index (κ2) is 8.30. The Morgan fingerprint density at radius 3 is 2.45 bits per heavy atom. The van der Waals surface area contributed by atoms with E-state index >= 15 is 0 Å². The van der Waals surface area contributed by atoms with Crippen molar-refractivity contribution < 1.29 is 9.53 Å². The smallest absolute Gasteiger partial charge is 0.343 e. The van der Waals surface area contributed by atoms with Gasteiger partial charge in [0.15, 0.2) is 11.6 Å². The van der Waals surface area contributed by atoms with Crippen molar-refractivity contribution in [3.63, 3.8) is 0 Å². The van der Waals surface area contributed by atoms with Crippen LogP contribution < -0.4 is 4.90 Å². The second-order valence-corrected chi connectivity index (χ2v) is 5.94. The molecule has 4 aromatic rings. The molecule has 0 spiro atoms. The van der Waals surface area contributed by atoms with E-state index in [-0.39, 0.29) is 6.61 Å². The predicted octanol–water partition coefficient (Wildman–Crippen LogP) is 3.70. The highest BCUT2D eigenvalue weighted by atomic mass is 16.5. The topological polar surface area (TPSA) is 86.0 Å². The molecule has 29 heavy (non-hydrogen) atoms. The molecule has 3 heterocycles. The molecule has 0 bridgehead atoms. The lowest BCUT2D eigenvalue weighted by atomic mass is 10.2. The molecule has 0 saturated heterocycles. The highest BCUT2D eigenvalue weighted by Crippen LogP contribution is 2.35. The molecule has 0 amide bonds. The number of carbonyl (C=O) groups excluding carboxylic acids is 1. The molecule has 0 aliphatic rings. The summed E-state index contributed by atoms with van der Waals surface area (Å²) in [5.41, 5.74) is 1.08. The van der Waals surface area contributed by atoms with Crippen LogP contribution in [0.1, 0.15) is 17.3 Å². The van der Waals surface area contributed by atoms with E-state index in [1.165, 1.54) is 6.20 Å². The SMILES string of the molecule is CCOC(=O)c1cnn(-c2ccccc2)c1N(c1ccccn1)c1cnccn1. The monoisotopic (exact) mass is 386 g/mol. The van der Waals surface area contributed by atoms with E-state index in [4.69, 9.17) is 4.74 Å². The minimum Gasteiger partial charge on any atom is -0.462 e. The van der Waals surface area contributed by atoms with Crippen molar-refractivity contribution in [1.82, 2.24) is 24.7 Å². The van der Waals surface area contributed by atoms with Crippen LogP contribution in [0, 0.1) is 0 Å². The number of esters is 1. The van der Waals surface area contributed by atoms with E-state index in [9.17, 15) is 4.79 Å². The van der Waals surface area contributed by atoms with Crippen molar-refractivity contribution in [2.45, 2.75) is 6.92 Å². The average molecular weight is 386 g/mol. The maximum Gasteiger partial charge on any atom is 0.343 e. The molecule has 0 aliphatic carbocycles. The summed E-state index contributed by atoms with van der Waals surface area (Å²) in [5, 5.41) is 4.46. The molecule has 4 rings (SSSR count). The first-order valence-electron chi connectivity index (χ1n) is 9.07. The van der Waals surface area contributed by atoms with Crippen LogP contribution in [-0.2, 0) is 4.74 Å². The van der Waals surface area contributed by atoms with Crippen molar-refractivity contribution in [3.05, 3.63) is 85.1 Å². The summed E-state index contributed by atoms with van der Waals surface area (Å²) in [5.74, 6) is 1.05. The van der Waals surface area contributed by atoms with Gasteiger partial charge in [-0.25, -0.2) is 19.4 Å².